The van der Waals surface area contributed by atoms with Gasteiger partial charge < -0.3 is 4.74 Å². The predicted octanol–water partition coefficient (Wildman–Crippen LogP) is 6.74. The van der Waals surface area contributed by atoms with Crippen LogP contribution in [-0.4, -0.2) is 14.6 Å². The third-order valence-electron chi connectivity index (χ3n) is 7.36. The molecule has 0 N–H and O–H groups in total. The highest BCUT2D eigenvalue weighted by Gasteiger charge is 2.53. The average molecular weight is 463 g/mol. The van der Waals surface area contributed by atoms with Crippen molar-refractivity contribution in [2.75, 3.05) is 0 Å². The first kappa shape index (κ1) is 19.2. The largest absolute Gasteiger partial charge is 0.486 e. The lowest BCUT2D eigenvalue weighted by Crippen LogP contribution is -2.49. The summed E-state index contributed by atoms with van der Waals surface area (Å²) in [7, 11) is 0. The number of fused-ring (bicyclic) bond motifs is 1. The van der Waals surface area contributed by atoms with Crippen LogP contribution < -0.4 is 4.74 Å². The van der Waals surface area contributed by atoms with Gasteiger partial charge in [-0.15, -0.1) is 10.2 Å². The van der Waals surface area contributed by atoms with Crippen LogP contribution in [0.3, 0.4) is 0 Å². The minimum absolute atomic E-state index is 0.191. The van der Waals surface area contributed by atoms with Gasteiger partial charge in [-0.1, -0.05) is 40.9 Å². The lowest BCUT2D eigenvalue weighted by Gasteiger charge is -2.55. The highest BCUT2D eigenvalue weighted by molar-refractivity contribution is 6.40. The topological polar surface area (TPSA) is 39.4 Å². The van der Waals surface area contributed by atoms with Crippen molar-refractivity contribution < 1.29 is 4.74 Å². The SMILES string of the molecule is Clc1cc(Cl)c(OCc2cccn3c(C45CC6CC(CC(C6)C4)C5)nnc23)c(Cl)c1. The maximum absolute atomic E-state index is 6.27. The number of hydrogen-bond donors (Lipinski definition) is 0. The molecule has 0 atom stereocenters. The molecule has 7 rings (SSSR count). The Morgan fingerprint density at radius 1 is 0.967 bits per heavy atom. The normalized spacial score (nSPS) is 29.6. The average Bonchev–Trinajstić information content (AvgIpc) is 3.12. The molecule has 1 aromatic carbocycles. The van der Waals surface area contributed by atoms with Crippen molar-refractivity contribution in [3.05, 3.63) is 56.9 Å². The van der Waals surface area contributed by atoms with Gasteiger partial charge >= 0.3 is 0 Å². The molecule has 4 aliphatic rings. The molecule has 4 bridgehead atoms. The summed E-state index contributed by atoms with van der Waals surface area (Å²) in [6.07, 6.45) is 10.1. The van der Waals surface area contributed by atoms with Crippen molar-refractivity contribution in [2.45, 2.75) is 50.5 Å². The van der Waals surface area contributed by atoms with Crippen molar-refractivity contribution in [2.24, 2.45) is 17.8 Å². The highest BCUT2D eigenvalue weighted by atomic mass is 35.5. The molecule has 0 aliphatic heterocycles. The maximum atomic E-state index is 6.27. The van der Waals surface area contributed by atoms with Crippen LogP contribution in [0.15, 0.2) is 30.5 Å². The predicted molar refractivity (Wildman–Crippen MR) is 119 cm³/mol. The van der Waals surface area contributed by atoms with E-state index in [0.717, 1.165) is 34.8 Å². The molecule has 4 aliphatic carbocycles. The Bertz CT molecular complexity index is 1080. The van der Waals surface area contributed by atoms with E-state index in [-0.39, 0.29) is 5.41 Å². The molecule has 0 radical (unpaired) electrons. The number of aromatic nitrogens is 3. The Balaban J connectivity index is 1.33. The van der Waals surface area contributed by atoms with Crippen molar-refractivity contribution in [3.8, 4) is 5.75 Å². The van der Waals surface area contributed by atoms with E-state index >= 15 is 0 Å². The summed E-state index contributed by atoms with van der Waals surface area (Å²) in [6, 6.07) is 7.33. The highest BCUT2D eigenvalue weighted by Crippen LogP contribution is 2.60. The first-order chi connectivity index (χ1) is 14.5. The maximum Gasteiger partial charge on any atom is 0.167 e. The zero-order chi connectivity index (χ0) is 20.5. The first-order valence-electron chi connectivity index (χ1n) is 10.6. The number of rotatable bonds is 4. The van der Waals surface area contributed by atoms with E-state index in [2.05, 4.69) is 15.7 Å². The Kier molecular flexibility index (Phi) is 4.49. The second-order valence-electron chi connectivity index (χ2n) is 9.44. The lowest BCUT2D eigenvalue weighted by molar-refractivity contribution is -0.00984. The van der Waals surface area contributed by atoms with Gasteiger partial charge in [0.15, 0.2) is 11.4 Å². The van der Waals surface area contributed by atoms with Crippen LogP contribution in [0.4, 0.5) is 0 Å². The van der Waals surface area contributed by atoms with E-state index in [1.54, 1.807) is 12.1 Å². The number of nitrogens with zero attached hydrogens (tertiary/aromatic N) is 3. The third kappa shape index (κ3) is 3.03. The fourth-order valence-corrected chi connectivity index (χ4v) is 7.57. The van der Waals surface area contributed by atoms with Gasteiger partial charge in [-0.05, 0) is 74.5 Å². The monoisotopic (exact) mass is 461 g/mol. The van der Waals surface area contributed by atoms with E-state index in [0.29, 0.717) is 27.4 Å². The standard InChI is InChI=1S/C23H22Cl3N3O/c24-17-7-18(25)20(19(26)8-17)30-12-16-2-1-3-29-21(16)27-28-22(29)23-9-13-4-14(10-23)6-15(5-13)11-23/h1-3,7-8,13-15H,4-6,9-12H2. The number of hydrogen-bond acceptors (Lipinski definition) is 3. The summed E-state index contributed by atoms with van der Waals surface area (Å²) < 4.78 is 8.16. The lowest BCUT2D eigenvalue weighted by atomic mass is 9.49. The molecular weight excluding hydrogens is 441 g/mol. The fourth-order valence-electron chi connectivity index (χ4n) is 6.65. The molecule has 30 heavy (non-hydrogen) atoms. The molecule has 7 heteroatoms. The molecule has 2 heterocycles. The van der Waals surface area contributed by atoms with Crippen LogP contribution in [0.1, 0.15) is 49.9 Å². The number of halogens is 3. The van der Waals surface area contributed by atoms with Gasteiger partial charge in [-0.25, -0.2) is 0 Å². The van der Waals surface area contributed by atoms with Crippen molar-refractivity contribution in [1.82, 2.24) is 14.6 Å². The summed E-state index contributed by atoms with van der Waals surface area (Å²) in [5.74, 6) is 4.17. The molecular formula is C23H22Cl3N3O. The van der Waals surface area contributed by atoms with E-state index in [1.165, 1.54) is 38.5 Å². The Labute approximate surface area is 190 Å². The van der Waals surface area contributed by atoms with Gasteiger partial charge in [0.1, 0.15) is 12.4 Å². The quantitative estimate of drug-likeness (QED) is 0.431. The van der Waals surface area contributed by atoms with Gasteiger partial charge in [-0.2, -0.15) is 0 Å². The Morgan fingerprint density at radius 2 is 1.60 bits per heavy atom. The first-order valence-corrected chi connectivity index (χ1v) is 11.7. The van der Waals surface area contributed by atoms with Crippen LogP contribution in [0.2, 0.25) is 15.1 Å². The second-order valence-corrected chi connectivity index (χ2v) is 10.7. The van der Waals surface area contributed by atoms with Crippen LogP contribution >= 0.6 is 34.8 Å². The molecule has 0 amide bonds. The molecule has 4 saturated carbocycles. The molecule has 4 nitrogen and oxygen atoms in total. The molecule has 2 aromatic heterocycles. The molecule has 3 aromatic rings. The van der Waals surface area contributed by atoms with Crippen molar-refractivity contribution in [1.29, 1.82) is 0 Å². The number of ether oxygens (including phenoxy) is 1. The molecule has 0 saturated heterocycles. The van der Waals surface area contributed by atoms with E-state index < -0.39 is 0 Å². The third-order valence-corrected chi connectivity index (χ3v) is 8.14. The van der Waals surface area contributed by atoms with Crippen molar-refractivity contribution in [3.63, 3.8) is 0 Å². The van der Waals surface area contributed by atoms with Gasteiger partial charge in [0.2, 0.25) is 0 Å². The van der Waals surface area contributed by atoms with E-state index in [4.69, 9.17) is 44.6 Å². The van der Waals surface area contributed by atoms with Crippen molar-refractivity contribution >= 4 is 40.4 Å². The van der Waals surface area contributed by atoms with Crippen LogP contribution in [-0.2, 0) is 12.0 Å². The van der Waals surface area contributed by atoms with Crippen LogP contribution in [0.5, 0.6) is 5.75 Å². The minimum atomic E-state index is 0.191. The van der Waals surface area contributed by atoms with Crippen LogP contribution in [0.25, 0.3) is 5.65 Å². The second kappa shape index (κ2) is 7.01. The summed E-state index contributed by atoms with van der Waals surface area (Å²) in [4.78, 5) is 0. The Morgan fingerprint density at radius 3 is 2.23 bits per heavy atom. The molecule has 0 unspecified atom stereocenters. The van der Waals surface area contributed by atoms with Crippen LogP contribution in [0, 0.1) is 17.8 Å². The molecule has 4 fully saturated rings. The van der Waals surface area contributed by atoms with Gasteiger partial charge in [0.05, 0.1) is 10.0 Å². The molecule has 156 valence electrons. The summed E-state index contributed by atoms with van der Waals surface area (Å²) in [5, 5.41) is 10.6. The number of pyridine rings is 1. The Hall–Kier alpha value is -1.49. The van der Waals surface area contributed by atoms with Gasteiger partial charge in [0, 0.05) is 22.2 Å². The van der Waals surface area contributed by atoms with E-state index in [9.17, 15) is 0 Å². The smallest absolute Gasteiger partial charge is 0.167 e. The summed E-state index contributed by atoms with van der Waals surface area (Å²) in [5.41, 5.74) is 2.00. The molecule has 0 spiro atoms. The summed E-state index contributed by atoms with van der Waals surface area (Å²) >= 11 is 18.5. The number of benzene rings is 1. The fraction of sp³-hybridized carbons (Fsp3) is 0.478. The van der Waals surface area contributed by atoms with Gasteiger partial charge in [-0.3, -0.25) is 4.40 Å². The zero-order valence-corrected chi connectivity index (χ0v) is 18.7. The zero-order valence-electron chi connectivity index (χ0n) is 16.5. The summed E-state index contributed by atoms with van der Waals surface area (Å²) in [6.45, 7) is 0.310. The van der Waals surface area contributed by atoms with Gasteiger partial charge in [0.25, 0.3) is 0 Å². The minimum Gasteiger partial charge on any atom is -0.486 e. The van der Waals surface area contributed by atoms with E-state index in [1.807, 2.05) is 12.1 Å².